The Bertz CT molecular complexity index is 763. The van der Waals surface area contributed by atoms with E-state index in [2.05, 4.69) is 5.32 Å². The van der Waals surface area contributed by atoms with E-state index in [9.17, 15) is 14.9 Å². The van der Waals surface area contributed by atoms with Crippen molar-refractivity contribution in [1.82, 2.24) is 5.32 Å². The van der Waals surface area contributed by atoms with E-state index in [4.69, 9.17) is 5.26 Å². The van der Waals surface area contributed by atoms with Crippen LogP contribution in [-0.4, -0.2) is 17.9 Å². The molecule has 0 aliphatic rings. The predicted octanol–water partition coefficient (Wildman–Crippen LogP) is 2.49. The van der Waals surface area contributed by atoms with Crippen LogP contribution in [0.1, 0.15) is 15.9 Å². The summed E-state index contributed by atoms with van der Waals surface area (Å²) in [5.41, 5.74) is 1.35. The molecule has 0 bridgehead atoms. The number of nitro groups is 1. The number of nitro benzene ring substituents is 1. The van der Waals surface area contributed by atoms with Crippen molar-refractivity contribution in [2.75, 3.05) is 7.05 Å². The highest BCUT2D eigenvalue weighted by Gasteiger charge is 2.18. The average molecular weight is 281 g/mol. The number of nitrogens with one attached hydrogen (secondary N) is 1. The quantitative estimate of drug-likeness (QED) is 0.690. The topological polar surface area (TPSA) is 96.0 Å². The second kappa shape index (κ2) is 5.84. The molecule has 0 spiro atoms. The molecule has 6 heteroatoms. The molecule has 0 atom stereocenters. The van der Waals surface area contributed by atoms with Crippen LogP contribution in [0.2, 0.25) is 0 Å². The first-order valence-electron chi connectivity index (χ1n) is 6.08. The first-order valence-corrected chi connectivity index (χ1v) is 6.08. The predicted molar refractivity (Wildman–Crippen MR) is 76.6 cm³/mol. The Labute approximate surface area is 120 Å². The molecule has 1 N–H and O–H groups in total. The van der Waals surface area contributed by atoms with Crippen LogP contribution in [0.5, 0.6) is 0 Å². The summed E-state index contributed by atoms with van der Waals surface area (Å²) in [7, 11) is 1.48. The van der Waals surface area contributed by atoms with E-state index in [1.807, 2.05) is 6.07 Å². The van der Waals surface area contributed by atoms with Gasteiger partial charge in [0.15, 0.2) is 0 Å². The molecule has 0 aliphatic heterocycles. The van der Waals surface area contributed by atoms with Crippen LogP contribution in [0.25, 0.3) is 11.1 Å². The molecule has 2 aromatic carbocycles. The smallest absolute Gasteiger partial charge is 0.270 e. The minimum Gasteiger partial charge on any atom is -0.355 e. The summed E-state index contributed by atoms with van der Waals surface area (Å²) in [4.78, 5) is 22.3. The van der Waals surface area contributed by atoms with Crippen LogP contribution in [0.3, 0.4) is 0 Å². The fourth-order valence-corrected chi connectivity index (χ4v) is 2.02. The van der Waals surface area contributed by atoms with Gasteiger partial charge in [0.25, 0.3) is 11.6 Å². The van der Waals surface area contributed by atoms with Gasteiger partial charge < -0.3 is 5.32 Å². The average Bonchev–Trinajstić information content (AvgIpc) is 2.53. The third kappa shape index (κ3) is 2.72. The van der Waals surface area contributed by atoms with Gasteiger partial charge in [-0.15, -0.1) is 0 Å². The molecule has 0 saturated heterocycles. The molecule has 104 valence electrons. The second-order valence-corrected chi connectivity index (χ2v) is 4.22. The number of carbonyl (C=O) groups is 1. The summed E-state index contributed by atoms with van der Waals surface area (Å²) >= 11 is 0. The molecule has 6 nitrogen and oxygen atoms in total. The molecule has 0 heterocycles. The van der Waals surface area contributed by atoms with Crippen LogP contribution in [0.15, 0.2) is 42.5 Å². The maximum Gasteiger partial charge on any atom is 0.270 e. The van der Waals surface area contributed by atoms with Gasteiger partial charge in [-0.25, -0.2) is 0 Å². The summed E-state index contributed by atoms with van der Waals surface area (Å²) in [5, 5.41) is 22.6. The fourth-order valence-electron chi connectivity index (χ4n) is 2.02. The van der Waals surface area contributed by atoms with Gasteiger partial charge in [-0.05, 0) is 12.1 Å². The normalized spacial score (nSPS) is 9.71. The molecule has 1 amide bonds. The monoisotopic (exact) mass is 281 g/mol. The molecule has 2 rings (SSSR count). The Morgan fingerprint density at radius 1 is 1.24 bits per heavy atom. The highest BCUT2D eigenvalue weighted by atomic mass is 16.6. The number of carbonyl (C=O) groups excluding carboxylic acids is 1. The Morgan fingerprint density at radius 2 is 1.95 bits per heavy atom. The van der Waals surface area contributed by atoms with Crippen molar-refractivity contribution < 1.29 is 9.72 Å². The third-order valence-corrected chi connectivity index (χ3v) is 3.02. The van der Waals surface area contributed by atoms with Gasteiger partial charge >= 0.3 is 0 Å². The maximum atomic E-state index is 11.9. The van der Waals surface area contributed by atoms with Crippen molar-refractivity contribution >= 4 is 11.6 Å². The molecular formula is C15H11N3O3. The van der Waals surface area contributed by atoms with Crippen LogP contribution in [-0.2, 0) is 0 Å². The molecule has 2 aromatic rings. The maximum absolute atomic E-state index is 11.9. The number of nitrogens with zero attached hydrogens (tertiary/aromatic N) is 2. The van der Waals surface area contributed by atoms with Gasteiger partial charge in [-0.3, -0.25) is 14.9 Å². The van der Waals surface area contributed by atoms with E-state index in [0.29, 0.717) is 16.7 Å². The van der Waals surface area contributed by atoms with E-state index < -0.39 is 4.92 Å². The standard InChI is InChI=1S/C15H11N3O3/c1-17-15(19)13-7-6-11(18(20)21)8-14(13)12-5-3-2-4-10(12)9-16/h2-8H,1H3,(H,17,19). The Balaban J connectivity index is 2.75. The summed E-state index contributed by atoms with van der Waals surface area (Å²) in [5.74, 6) is -0.368. The Hall–Kier alpha value is -3.20. The number of hydrogen-bond donors (Lipinski definition) is 1. The highest BCUT2D eigenvalue weighted by molar-refractivity contribution is 6.01. The zero-order chi connectivity index (χ0) is 15.4. The lowest BCUT2D eigenvalue weighted by molar-refractivity contribution is -0.384. The first kappa shape index (κ1) is 14.2. The molecule has 0 saturated carbocycles. The zero-order valence-electron chi connectivity index (χ0n) is 11.2. The van der Waals surface area contributed by atoms with E-state index in [0.717, 1.165) is 0 Å². The third-order valence-electron chi connectivity index (χ3n) is 3.02. The van der Waals surface area contributed by atoms with Crippen molar-refractivity contribution in [2.45, 2.75) is 0 Å². The van der Waals surface area contributed by atoms with Gasteiger partial charge in [0.1, 0.15) is 0 Å². The second-order valence-electron chi connectivity index (χ2n) is 4.22. The van der Waals surface area contributed by atoms with Gasteiger partial charge in [0, 0.05) is 35.9 Å². The van der Waals surface area contributed by atoms with Crippen LogP contribution in [0, 0.1) is 21.4 Å². The molecule has 0 radical (unpaired) electrons. The largest absolute Gasteiger partial charge is 0.355 e. The van der Waals surface area contributed by atoms with Crippen LogP contribution >= 0.6 is 0 Å². The molecule has 0 aliphatic carbocycles. The number of benzene rings is 2. The fraction of sp³-hybridized carbons (Fsp3) is 0.0667. The molecule has 21 heavy (non-hydrogen) atoms. The summed E-state index contributed by atoms with van der Waals surface area (Å²) in [6, 6.07) is 12.6. The van der Waals surface area contributed by atoms with Gasteiger partial charge in [0.2, 0.25) is 0 Å². The lowest BCUT2D eigenvalue weighted by Gasteiger charge is -2.10. The van der Waals surface area contributed by atoms with Crippen molar-refractivity contribution in [3.05, 3.63) is 63.7 Å². The molecule has 0 unspecified atom stereocenters. The minimum atomic E-state index is -0.536. The van der Waals surface area contributed by atoms with Crippen molar-refractivity contribution in [3.63, 3.8) is 0 Å². The van der Waals surface area contributed by atoms with Crippen molar-refractivity contribution in [1.29, 1.82) is 5.26 Å². The SMILES string of the molecule is CNC(=O)c1ccc([N+](=O)[O-])cc1-c1ccccc1C#N. The lowest BCUT2D eigenvalue weighted by atomic mass is 9.95. The van der Waals surface area contributed by atoms with Gasteiger partial charge in [-0.2, -0.15) is 5.26 Å². The van der Waals surface area contributed by atoms with Crippen LogP contribution in [0.4, 0.5) is 5.69 Å². The lowest BCUT2D eigenvalue weighted by Crippen LogP contribution is -2.18. The van der Waals surface area contributed by atoms with Gasteiger partial charge in [0.05, 0.1) is 16.6 Å². The summed E-state index contributed by atoms with van der Waals surface area (Å²) in [6.45, 7) is 0. The number of nitriles is 1. The number of non-ortho nitro benzene ring substituents is 1. The van der Waals surface area contributed by atoms with Gasteiger partial charge in [-0.1, -0.05) is 18.2 Å². The van der Waals surface area contributed by atoms with Crippen molar-refractivity contribution in [3.8, 4) is 17.2 Å². The number of rotatable bonds is 3. The van der Waals surface area contributed by atoms with E-state index >= 15 is 0 Å². The van der Waals surface area contributed by atoms with Crippen molar-refractivity contribution in [2.24, 2.45) is 0 Å². The molecule has 0 aromatic heterocycles. The Morgan fingerprint density at radius 3 is 2.57 bits per heavy atom. The van der Waals surface area contributed by atoms with E-state index in [1.165, 1.54) is 25.2 Å². The summed E-state index contributed by atoms with van der Waals surface area (Å²) < 4.78 is 0. The molecular weight excluding hydrogens is 270 g/mol. The molecule has 0 fully saturated rings. The summed E-state index contributed by atoms with van der Waals surface area (Å²) in [6.07, 6.45) is 0. The number of amides is 1. The van der Waals surface area contributed by atoms with Crippen LogP contribution < -0.4 is 5.32 Å². The highest BCUT2D eigenvalue weighted by Crippen LogP contribution is 2.30. The minimum absolute atomic E-state index is 0.134. The Kier molecular flexibility index (Phi) is 3.95. The first-order chi connectivity index (χ1) is 10.1. The van der Waals surface area contributed by atoms with E-state index in [1.54, 1.807) is 24.3 Å². The van der Waals surface area contributed by atoms with E-state index in [-0.39, 0.29) is 17.2 Å². The number of hydrogen-bond acceptors (Lipinski definition) is 4. The zero-order valence-corrected chi connectivity index (χ0v) is 11.2.